The van der Waals surface area contributed by atoms with Crippen molar-refractivity contribution in [2.75, 3.05) is 12.4 Å². The lowest BCUT2D eigenvalue weighted by Crippen LogP contribution is -2.24. The normalized spacial score (nSPS) is 11.7. The summed E-state index contributed by atoms with van der Waals surface area (Å²) in [6.45, 7) is 0. The molecule has 9 heteroatoms. The van der Waals surface area contributed by atoms with Gasteiger partial charge in [-0.05, 0) is 30.5 Å². The Morgan fingerprint density at radius 1 is 1.19 bits per heavy atom. The van der Waals surface area contributed by atoms with Crippen LogP contribution in [0.15, 0.2) is 77.9 Å². The molecule has 0 aliphatic carbocycles. The van der Waals surface area contributed by atoms with Crippen molar-refractivity contribution in [3.8, 4) is 23.0 Å². The van der Waals surface area contributed by atoms with Gasteiger partial charge in [-0.15, -0.1) is 0 Å². The maximum atomic E-state index is 12.6. The van der Waals surface area contributed by atoms with Crippen LogP contribution in [-0.4, -0.2) is 38.0 Å². The fourth-order valence-electron chi connectivity index (χ4n) is 3.37. The molecule has 1 atom stereocenters. The minimum absolute atomic E-state index is 0.00467. The summed E-state index contributed by atoms with van der Waals surface area (Å²) in [5, 5.41) is 29.4. The molecule has 4 rings (SSSR count). The highest BCUT2D eigenvalue weighted by molar-refractivity contribution is 5.57. The Morgan fingerprint density at radius 2 is 2.00 bits per heavy atom. The zero-order chi connectivity index (χ0) is 22.5. The number of nitrogens with zero attached hydrogens (tertiary/aromatic N) is 4. The lowest BCUT2D eigenvalue weighted by molar-refractivity contribution is 0.409. The van der Waals surface area contributed by atoms with Crippen molar-refractivity contribution in [3.63, 3.8) is 0 Å². The molecule has 0 bridgehead atoms. The Hall–Kier alpha value is -4.40. The molecule has 1 unspecified atom stereocenters. The third-order valence-electron chi connectivity index (χ3n) is 4.91. The van der Waals surface area contributed by atoms with Crippen molar-refractivity contribution in [3.05, 3.63) is 89.0 Å². The van der Waals surface area contributed by atoms with Crippen LogP contribution in [0.4, 0.5) is 5.69 Å². The van der Waals surface area contributed by atoms with Gasteiger partial charge in [-0.3, -0.25) is 4.79 Å². The molecule has 0 saturated heterocycles. The molecule has 9 nitrogen and oxygen atoms in total. The third kappa shape index (κ3) is 4.22. The van der Waals surface area contributed by atoms with Gasteiger partial charge in [-0.25, -0.2) is 9.36 Å². The van der Waals surface area contributed by atoms with E-state index in [0.29, 0.717) is 23.5 Å². The standard InChI is InChI=1S/C23H22N6O3/c1-32-21-15-17(29-22(31)10-13-25-29)7-8-19(21)28-14-11-20(30)23(27-28)18(9-12-24)26-16-5-3-2-4-6-16/h2-8,10-15,18,24,26,31H,9H2,1H3. The first-order valence-corrected chi connectivity index (χ1v) is 9.93. The summed E-state index contributed by atoms with van der Waals surface area (Å²) < 4.78 is 8.48. The summed E-state index contributed by atoms with van der Waals surface area (Å²) in [4.78, 5) is 12.6. The summed E-state index contributed by atoms with van der Waals surface area (Å²) >= 11 is 0. The molecule has 2 aromatic heterocycles. The fraction of sp³-hybridized carbons (Fsp3) is 0.130. The second-order valence-corrected chi connectivity index (χ2v) is 6.97. The quantitative estimate of drug-likeness (QED) is 0.369. The molecule has 0 saturated carbocycles. The maximum Gasteiger partial charge on any atom is 0.214 e. The van der Waals surface area contributed by atoms with Crippen molar-refractivity contribution in [1.82, 2.24) is 19.6 Å². The van der Waals surface area contributed by atoms with E-state index >= 15 is 0 Å². The predicted octanol–water partition coefficient (Wildman–Crippen LogP) is 3.33. The van der Waals surface area contributed by atoms with Gasteiger partial charge >= 0.3 is 0 Å². The van der Waals surface area contributed by atoms with Gasteiger partial charge < -0.3 is 20.6 Å². The SMILES string of the molecule is COc1cc(-n2nccc2O)ccc1-n1ccc(=O)c(C(CC=N)Nc2ccccc2)n1. The highest BCUT2D eigenvalue weighted by atomic mass is 16.5. The molecule has 4 aromatic rings. The first kappa shape index (κ1) is 20.9. The maximum absolute atomic E-state index is 12.6. The third-order valence-corrected chi connectivity index (χ3v) is 4.91. The summed E-state index contributed by atoms with van der Waals surface area (Å²) in [6, 6.07) is 17.2. The van der Waals surface area contributed by atoms with Crippen molar-refractivity contribution < 1.29 is 9.84 Å². The zero-order valence-corrected chi connectivity index (χ0v) is 17.3. The van der Waals surface area contributed by atoms with Crippen LogP contribution in [0.5, 0.6) is 11.6 Å². The lowest BCUT2D eigenvalue weighted by Gasteiger charge is -2.19. The number of benzene rings is 2. The molecule has 0 spiro atoms. The van der Waals surface area contributed by atoms with Gasteiger partial charge in [-0.1, -0.05) is 18.2 Å². The van der Waals surface area contributed by atoms with Crippen molar-refractivity contribution in [2.45, 2.75) is 12.5 Å². The largest absolute Gasteiger partial charge is 0.494 e. The Balaban J connectivity index is 1.73. The Labute approximate surface area is 184 Å². The molecule has 0 aliphatic heterocycles. The molecule has 0 amide bonds. The van der Waals surface area contributed by atoms with E-state index in [0.717, 1.165) is 5.69 Å². The number of methoxy groups -OCH3 is 1. The molecule has 0 aliphatic rings. The van der Waals surface area contributed by atoms with Crippen LogP contribution in [0, 0.1) is 5.41 Å². The van der Waals surface area contributed by atoms with Gasteiger partial charge in [0, 0.05) is 36.5 Å². The van der Waals surface area contributed by atoms with Gasteiger partial charge in [0.2, 0.25) is 11.3 Å². The topological polar surface area (TPSA) is 118 Å². The number of rotatable bonds is 8. The number of para-hydroxylation sites is 1. The zero-order valence-electron chi connectivity index (χ0n) is 17.3. The minimum atomic E-state index is -0.471. The Bertz CT molecular complexity index is 1280. The number of nitrogens with one attached hydrogen (secondary N) is 2. The summed E-state index contributed by atoms with van der Waals surface area (Å²) in [5.41, 5.74) is 2.11. The van der Waals surface area contributed by atoms with Crippen LogP contribution in [0.3, 0.4) is 0 Å². The number of aromatic hydroxyl groups is 1. The van der Waals surface area contributed by atoms with Gasteiger partial charge in [0.15, 0.2) is 0 Å². The van der Waals surface area contributed by atoms with Gasteiger partial charge in [-0.2, -0.15) is 10.2 Å². The van der Waals surface area contributed by atoms with Crippen LogP contribution in [0.25, 0.3) is 11.4 Å². The molecular formula is C23H22N6O3. The van der Waals surface area contributed by atoms with Crippen LogP contribution >= 0.6 is 0 Å². The van der Waals surface area contributed by atoms with Crippen LogP contribution < -0.4 is 15.5 Å². The average Bonchev–Trinajstić information content (AvgIpc) is 3.25. The lowest BCUT2D eigenvalue weighted by atomic mass is 10.1. The van der Waals surface area contributed by atoms with E-state index in [2.05, 4.69) is 15.5 Å². The van der Waals surface area contributed by atoms with E-state index in [-0.39, 0.29) is 17.0 Å². The van der Waals surface area contributed by atoms with E-state index in [1.165, 1.54) is 36.3 Å². The van der Waals surface area contributed by atoms with Crippen LogP contribution in [-0.2, 0) is 0 Å². The van der Waals surface area contributed by atoms with E-state index in [4.69, 9.17) is 10.1 Å². The molecule has 3 N–H and O–H groups in total. The monoisotopic (exact) mass is 430 g/mol. The Morgan fingerprint density at radius 3 is 2.69 bits per heavy atom. The predicted molar refractivity (Wildman–Crippen MR) is 121 cm³/mol. The smallest absolute Gasteiger partial charge is 0.214 e. The number of ether oxygens (including phenoxy) is 1. The molecule has 32 heavy (non-hydrogen) atoms. The van der Waals surface area contributed by atoms with Gasteiger partial charge in [0.05, 0.1) is 25.0 Å². The van der Waals surface area contributed by atoms with E-state index in [1.54, 1.807) is 29.1 Å². The summed E-state index contributed by atoms with van der Waals surface area (Å²) in [7, 11) is 1.53. The molecule has 0 radical (unpaired) electrons. The molecule has 2 heterocycles. The van der Waals surface area contributed by atoms with E-state index in [1.807, 2.05) is 30.3 Å². The first-order chi connectivity index (χ1) is 15.6. The molecule has 2 aromatic carbocycles. The van der Waals surface area contributed by atoms with Crippen molar-refractivity contribution >= 4 is 11.9 Å². The fourth-order valence-corrected chi connectivity index (χ4v) is 3.37. The van der Waals surface area contributed by atoms with Crippen molar-refractivity contribution in [2.24, 2.45) is 0 Å². The average molecular weight is 430 g/mol. The number of aromatic nitrogens is 4. The van der Waals surface area contributed by atoms with Crippen LogP contribution in [0.2, 0.25) is 0 Å². The second kappa shape index (κ2) is 9.17. The van der Waals surface area contributed by atoms with Gasteiger partial charge in [0.25, 0.3) is 0 Å². The molecule has 162 valence electrons. The Kier molecular flexibility index (Phi) is 5.98. The molecule has 0 fully saturated rings. The van der Waals surface area contributed by atoms with Gasteiger partial charge in [0.1, 0.15) is 17.1 Å². The highest BCUT2D eigenvalue weighted by Gasteiger charge is 2.18. The molecular weight excluding hydrogens is 408 g/mol. The number of hydrogen-bond acceptors (Lipinski definition) is 7. The van der Waals surface area contributed by atoms with E-state index in [9.17, 15) is 9.90 Å². The first-order valence-electron chi connectivity index (χ1n) is 9.93. The second-order valence-electron chi connectivity index (χ2n) is 6.97. The van der Waals surface area contributed by atoms with Crippen LogP contribution in [0.1, 0.15) is 18.2 Å². The van der Waals surface area contributed by atoms with E-state index < -0.39 is 6.04 Å². The highest BCUT2D eigenvalue weighted by Crippen LogP contribution is 2.27. The summed E-state index contributed by atoms with van der Waals surface area (Å²) in [6.07, 6.45) is 4.62. The minimum Gasteiger partial charge on any atom is -0.494 e. The van der Waals surface area contributed by atoms with Crippen molar-refractivity contribution in [1.29, 1.82) is 5.41 Å². The summed E-state index contributed by atoms with van der Waals surface area (Å²) in [5.74, 6) is 0.490. The number of hydrogen-bond donors (Lipinski definition) is 3. The number of anilines is 1.